The molecule has 1 aliphatic rings. The molecule has 0 aromatic heterocycles. The minimum Gasteiger partial charge on any atom is -0.493 e. The number of hydrogen-bond acceptors (Lipinski definition) is 2. The second-order valence-electron chi connectivity index (χ2n) is 5.30. The fraction of sp³-hybridized carbons (Fsp3) is 0.333. The number of benzene rings is 2. The monoisotopic (exact) mass is 267 g/mol. The van der Waals surface area contributed by atoms with Gasteiger partial charge >= 0.3 is 0 Å². The van der Waals surface area contributed by atoms with Gasteiger partial charge in [-0.15, -0.1) is 0 Å². The molecule has 0 saturated carbocycles. The van der Waals surface area contributed by atoms with Gasteiger partial charge in [-0.1, -0.05) is 37.3 Å². The van der Waals surface area contributed by atoms with E-state index in [1.807, 2.05) is 6.07 Å². The van der Waals surface area contributed by atoms with E-state index in [1.54, 1.807) is 0 Å². The zero-order chi connectivity index (χ0) is 13.8. The van der Waals surface area contributed by atoms with Crippen LogP contribution in [0.5, 0.6) is 5.75 Å². The van der Waals surface area contributed by atoms with Crippen LogP contribution < -0.4 is 10.1 Å². The lowest BCUT2D eigenvalue weighted by Gasteiger charge is -2.26. The molecular formula is C18H21NO. The third-order valence-electron chi connectivity index (χ3n) is 4.00. The Balaban J connectivity index is 1.66. The minimum absolute atomic E-state index is 0.533. The summed E-state index contributed by atoms with van der Waals surface area (Å²) in [6.07, 6.45) is 2.17. The molecule has 1 aliphatic heterocycles. The lowest BCUT2D eigenvalue weighted by Crippen LogP contribution is -2.20. The van der Waals surface area contributed by atoms with Gasteiger partial charge in [-0.25, -0.2) is 0 Å². The normalized spacial score (nSPS) is 17.1. The van der Waals surface area contributed by atoms with E-state index in [0.29, 0.717) is 5.92 Å². The summed E-state index contributed by atoms with van der Waals surface area (Å²) in [4.78, 5) is 0. The minimum atomic E-state index is 0.533. The summed E-state index contributed by atoms with van der Waals surface area (Å²) in [5.74, 6) is 1.58. The van der Waals surface area contributed by atoms with E-state index >= 15 is 0 Å². The molecule has 2 nitrogen and oxygen atoms in total. The third kappa shape index (κ3) is 2.79. The van der Waals surface area contributed by atoms with Gasteiger partial charge in [0.1, 0.15) is 5.75 Å². The standard InChI is InChI=1S/C18H21NO/c1-2-14-7-9-16(10-8-14)19-13-15-11-12-20-18-6-4-3-5-17(15)18/h3-10,15,19H,2,11-13H2,1H3. The Morgan fingerprint density at radius 2 is 1.90 bits per heavy atom. The van der Waals surface area contributed by atoms with Crippen molar-refractivity contribution in [2.45, 2.75) is 25.7 Å². The summed E-state index contributed by atoms with van der Waals surface area (Å²) in [6.45, 7) is 3.96. The number of hydrogen-bond donors (Lipinski definition) is 1. The Hall–Kier alpha value is -1.96. The second-order valence-corrected chi connectivity index (χ2v) is 5.30. The molecule has 0 fully saturated rings. The Kier molecular flexibility index (Phi) is 3.91. The second kappa shape index (κ2) is 6.00. The van der Waals surface area contributed by atoms with E-state index in [4.69, 9.17) is 4.74 Å². The maximum atomic E-state index is 5.71. The van der Waals surface area contributed by atoms with Crippen LogP contribution in [0.25, 0.3) is 0 Å². The first-order valence-electron chi connectivity index (χ1n) is 7.41. The Labute approximate surface area is 120 Å². The smallest absolute Gasteiger partial charge is 0.122 e. The highest BCUT2D eigenvalue weighted by molar-refractivity contribution is 5.46. The molecule has 0 aliphatic carbocycles. The SMILES string of the molecule is CCc1ccc(NCC2CCOc3ccccc32)cc1. The molecule has 0 bridgehead atoms. The predicted molar refractivity (Wildman–Crippen MR) is 83.6 cm³/mol. The number of aryl methyl sites for hydroxylation is 1. The molecule has 0 radical (unpaired) electrons. The van der Waals surface area contributed by atoms with Crippen LogP contribution in [0.1, 0.15) is 30.4 Å². The highest BCUT2D eigenvalue weighted by Crippen LogP contribution is 2.33. The van der Waals surface area contributed by atoms with E-state index in [9.17, 15) is 0 Å². The molecule has 20 heavy (non-hydrogen) atoms. The van der Waals surface area contributed by atoms with Gasteiger partial charge in [0, 0.05) is 18.2 Å². The van der Waals surface area contributed by atoms with E-state index < -0.39 is 0 Å². The number of para-hydroxylation sites is 1. The topological polar surface area (TPSA) is 21.3 Å². The van der Waals surface area contributed by atoms with Crippen molar-refractivity contribution in [3.8, 4) is 5.75 Å². The zero-order valence-corrected chi connectivity index (χ0v) is 11.9. The molecular weight excluding hydrogens is 246 g/mol. The fourth-order valence-electron chi connectivity index (χ4n) is 2.73. The van der Waals surface area contributed by atoms with Gasteiger partial charge in [-0.05, 0) is 42.2 Å². The van der Waals surface area contributed by atoms with Crippen molar-refractivity contribution < 1.29 is 4.74 Å². The van der Waals surface area contributed by atoms with Crippen LogP contribution in [0.3, 0.4) is 0 Å². The number of anilines is 1. The molecule has 1 unspecified atom stereocenters. The molecule has 2 aromatic rings. The largest absolute Gasteiger partial charge is 0.493 e. The van der Waals surface area contributed by atoms with Gasteiger partial charge in [0.2, 0.25) is 0 Å². The van der Waals surface area contributed by atoms with Crippen LogP contribution in [0.2, 0.25) is 0 Å². The molecule has 0 saturated heterocycles. The van der Waals surface area contributed by atoms with E-state index in [1.165, 1.54) is 16.8 Å². The molecule has 2 heteroatoms. The summed E-state index contributed by atoms with van der Waals surface area (Å²) in [5.41, 5.74) is 3.91. The molecule has 0 spiro atoms. The first kappa shape index (κ1) is 13.0. The van der Waals surface area contributed by atoms with E-state index in [-0.39, 0.29) is 0 Å². The van der Waals surface area contributed by atoms with E-state index in [0.717, 1.165) is 31.7 Å². The number of nitrogens with one attached hydrogen (secondary N) is 1. The van der Waals surface area contributed by atoms with Gasteiger partial charge in [0.15, 0.2) is 0 Å². The van der Waals surface area contributed by atoms with Crippen molar-refractivity contribution in [1.82, 2.24) is 0 Å². The highest BCUT2D eigenvalue weighted by Gasteiger charge is 2.20. The van der Waals surface area contributed by atoms with Gasteiger partial charge in [-0.3, -0.25) is 0 Å². The lowest BCUT2D eigenvalue weighted by atomic mass is 9.93. The Morgan fingerprint density at radius 1 is 1.10 bits per heavy atom. The van der Waals surface area contributed by atoms with Crippen LogP contribution in [0, 0.1) is 0 Å². The average molecular weight is 267 g/mol. The highest BCUT2D eigenvalue weighted by atomic mass is 16.5. The quantitative estimate of drug-likeness (QED) is 0.895. The summed E-state index contributed by atoms with van der Waals surface area (Å²) < 4.78 is 5.71. The van der Waals surface area contributed by atoms with Gasteiger partial charge < -0.3 is 10.1 Å². The zero-order valence-electron chi connectivity index (χ0n) is 11.9. The van der Waals surface area contributed by atoms with E-state index in [2.05, 4.69) is 54.7 Å². The van der Waals surface area contributed by atoms with Crippen LogP contribution in [-0.4, -0.2) is 13.2 Å². The first-order chi connectivity index (χ1) is 9.86. The van der Waals surface area contributed by atoms with Crippen molar-refractivity contribution in [3.63, 3.8) is 0 Å². The molecule has 1 heterocycles. The fourth-order valence-corrected chi connectivity index (χ4v) is 2.73. The number of rotatable bonds is 4. The van der Waals surface area contributed by atoms with Crippen molar-refractivity contribution in [3.05, 3.63) is 59.7 Å². The Morgan fingerprint density at radius 3 is 2.70 bits per heavy atom. The molecule has 104 valence electrons. The van der Waals surface area contributed by atoms with Crippen LogP contribution >= 0.6 is 0 Å². The molecule has 0 amide bonds. The predicted octanol–water partition coefficient (Wildman–Crippen LogP) is 4.23. The van der Waals surface area contributed by atoms with Crippen LogP contribution in [0.4, 0.5) is 5.69 Å². The van der Waals surface area contributed by atoms with Crippen molar-refractivity contribution in [1.29, 1.82) is 0 Å². The first-order valence-corrected chi connectivity index (χ1v) is 7.41. The van der Waals surface area contributed by atoms with Crippen LogP contribution in [0.15, 0.2) is 48.5 Å². The summed E-state index contributed by atoms with van der Waals surface area (Å²) >= 11 is 0. The van der Waals surface area contributed by atoms with Gasteiger partial charge in [0.05, 0.1) is 6.61 Å². The Bertz CT molecular complexity index is 562. The molecule has 1 N–H and O–H groups in total. The number of ether oxygens (including phenoxy) is 1. The van der Waals surface area contributed by atoms with Crippen molar-refractivity contribution in [2.75, 3.05) is 18.5 Å². The lowest BCUT2D eigenvalue weighted by molar-refractivity contribution is 0.270. The van der Waals surface area contributed by atoms with Gasteiger partial charge in [-0.2, -0.15) is 0 Å². The number of fused-ring (bicyclic) bond motifs is 1. The van der Waals surface area contributed by atoms with Crippen molar-refractivity contribution in [2.24, 2.45) is 0 Å². The molecule has 2 aromatic carbocycles. The maximum Gasteiger partial charge on any atom is 0.122 e. The average Bonchev–Trinajstić information content (AvgIpc) is 2.53. The van der Waals surface area contributed by atoms with Gasteiger partial charge in [0.25, 0.3) is 0 Å². The summed E-state index contributed by atoms with van der Waals surface area (Å²) in [6, 6.07) is 17.1. The third-order valence-corrected chi connectivity index (χ3v) is 4.00. The van der Waals surface area contributed by atoms with Crippen molar-refractivity contribution >= 4 is 5.69 Å². The summed E-state index contributed by atoms with van der Waals surface area (Å²) in [5, 5.41) is 3.55. The maximum absolute atomic E-state index is 5.71. The summed E-state index contributed by atoms with van der Waals surface area (Å²) in [7, 11) is 0. The molecule has 3 rings (SSSR count). The molecule has 1 atom stereocenters. The van der Waals surface area contributed by atoms with Crippen LogP contribution in [-0.2, 0) is 6.42 Å².